The van der Waals surface area contributed by atoms with Gasteiger partial charge in [0.05, 0.1) is 11.8 Å². The Hall–Kier alpha value is -1.10. The fourth-order valence-corrected chi connectivity index (χ4v) is 2.47. The minimum Gasteiger partial charge on any atom is -0.481 e. The summed E-state index contributed by atoms with van der Waals surface area (Å²) >= 11 is 0. The highest BCUT2D eigenvalue weighted by molar-refractivity contribution is 5.84. The summed E-state index contributed by atoms with van der Waals surface area (Å²) in [5, 5.41) is 9.18. The number of hydrogen-bond acceptors (Lipinski definition) is 3. The number of amides is 1. The molecule has 5 heteroatoms. The van der Waals surface area contributed by atoms with E-state index in [9.17, 15) is 14.7 Å². The van der Waals surface area contributed by atoms with Gasteiger partial charge < -0.3 is 14.9 Å². The minimum atomic E-state index is -0.825. The van der Waals surface area contributed by atoms with Gasteiger partial charge in [0.25, 0.3) is 0 Å². The van der Waals surface area contributed by atoms with Crippen molar-refractivity contribution in [1.82, 2.24) is 9.80 Å². The molecule has 104 valence electrons. The largest absolute Gasteiger partial charge is 0.481 e. The predicted molar refractivity (Wildman–Crippen MR) is 69.3 cm³/mol. The van der Waals surface area contributed by atoms with Crippen LogP contribution in [0.1, 0.15) is 25.7 Å². The van der Waals surface area contributed by atoms with Gasteiger partial charge in [0, 0.05) is 20.1 Å². The van der Waals surface area contributed by atoms with E-state index in [0.29, 0.717) is 19.4 Å². The third kappa shape index (κ3) is 3.98. The summed E-state index contributed by atoms with van der Waals surface area (Å²) in [6.07, 6.45) is 3.22. The van der Waals surface area contributed by atoms with Crippen LogP contribution < -0.4 is 0 Å². The molecule has 1 rings (SSSR count). The molecule has 1 aliphatic carbocycles. The Kier molecular flexibility index (Phi) is 5.59. The molecule has 0 saturated heterocycles. The van der Waals surface area contributed by atoms with Crippen molar-refractivity contribution in [2.75, 3.05) is 34.2 Å². The molecule has 1 amide bonds. The number of carbonyl (C=O) groups excluding carboxylic acids is 1. The number of nitrogens with zero attached hydrogens (tertiary/aromatic N) is 2. The fraction of sp³-hybridized carbons (Fsp3) is 0.846. The molecule has 0 aliphatic heterocycles. The molecule has 1 aliphatic rings. The van der Waals surface area contributed by atoms with Crippen molar-refractivity contribution >= 4 is 11.9 Å². The maximum Gasteiger partial charge on any atom is 0.307 e. The van der Waals surface area contributed by atoms with Crippen LogP contribution in [-0.4, -0.2) is 61.0 Å². The predicted octanol–water partition coefficient (Wildman–Crippen LogP) is 0.897. The molecule has 0 aromatic heterocycles. The number of aliphatic carboxylic acids is 1. The average molecular weight is 256 g/mol. The molecule has 0 aromatic rings. The number of carboxylic acids is 1. The summed E-state index contributed by atoms with van der Waals surface area (Å²) < 4.78 is 0. The second kappa shape index (κ2) is 6.73. The van der Waals surface area contributed by atoms with Gasteiger partial charge in [-0.25, -0.2) is 0 Å². The molecule has 0 spiro atoms. The standard InChI is InChI=1S/C13H24N2O3/c1-14(2)8-9-15(3)12(16)10-6-4-5-7-11(10)13(17)18/h10-11H,4-9H2,1-3H3,(H,17,18). The number of rotatable bonds is 5. The Morgan fingerprint density at radius 2 is 1.61 bits per heavy atom. The fourth-order valence-electron chi connectivity index (χ4n) is 2.47. The summed E-state index contributed by atoms with van der Waals surface area (Å²) in [5.41, 5.74) is 0. The lowest BCUT2D eigenvalue weighted by molar-refractivity contribution is -0.151. The van der Waals surface area contributed by atoms with Gasteiger partial charge in [0.2, 0.25) is 5.91 Å². The average Bonchev–Trinajstić information content (AvgIpc) is 2.34. The zero-order valence-electron chi connectivity index (χ0n) is 11.6. The lowest BCUT2D eigenvalue weighted by Gasteiger charge is -2.31. The molecule has 2 unspecified atom stereocenters. The molecule has 0 aromatic carbocycles. The van der Waals surface area contributed by atoms with E-state index >= 15 is 0 Å². The Morgan fingerprint density at radius 1 is 1.06 bits per heavy atom. The van der Waals surface area contributed by atoms with E-state index in [-0.39, 0.29) is 11.8 Å². The summed E-state index contributed by atoms with van der Waals surface area (Å²) in [6.45, 7) is 1.45. The summed E-state index contributed by atoms with van der Waals surface area (Å²) in [4.78, 5) is 27.1. The van der Waals surface area contributed by atoms with Crippen molar-refractivity contribution in [3.63, 3.8) is 0 Å². The van der Waals surface area contributed by atoms with Crippen LogP contribution in [0.15, 0.2) is 0 Å². The monoisotopic (exact) mass is 256 g/mol. The molecule has 2 atom stereocenters. The van der Waals surface area contributed by atoms with Crippen LogP contribution >= 0.6 is 0 Å². The van der Waals surface area contributed by atoms with E-state index < -0.39 is 11.9 Å². The molecular weight excluding hydrogens is 232 g/mol. The molecule has 1 N–H and O–H groups in total. The number of carboxylic acid groups (broad SMARTS) is 1. The van der Waals surface area contributed by atoms with E-state index in [0.717, 1.165) is 19.4 Å². The second-order valence-electron chi connectivity index (χ2n) is 5.40. The van der Waals surface area contributed by atoms with E-state index in [1.165, 1.54) is 0 Å². The highest BCUT2D eigenvalue weighted by Crippen LogP contribution is 2.31. The summed E-state index contributed by atoms with van der Waals surface area (Å²) in [7, 11) is 5.68. The number of hydrogen-bond donors (Lipinski definition) is 1. The van der Waals surface area contributed by atoms with Crippen molar-refractivity contribution < 1.29 is 14.7 Å². The molecular formula is C13H24N2O3. The Bertz CT molecular complexity index is 305. The van der Waals surface area contributed by atoms with Crippen molar-refractivity contribution in [2.24, 2.45) is 11.8 Å². The van der Waals surface area contributed by atoms with Crippen LogP contribution in [0.2, 0.25) is 0 Å². The van der Waals surface area contributed by atoms with E-state index in [1.807, 2.05) is 19.0 Å². The van der Waals surface area contributed by atoms with Crippen molar-refractivity contribution in [1.29, 1.82) is 0 Å². The van der Waals surface area contributed by atoms with Gasteiger partial charge in [-0.2, -0.15) is 0 Å². The number of carbonyl (C=O) groups is 2. The van der Waals surface area contributed by atoms with Crippen LogP contribution in [0.25, 0.3) is 0 Å². The summed E-state index contributed by atoms with van der Waals surface area (Å²) in [5.74, 6) is -1.66. The van der Waals surface area contributed by atoms with E-state index in [4.69, 9.17) is 0 Å². The van der Waals surface area contributed by atoms with Crippen LogP contribution in [0.5, 0.6) is 0 Å². The minimum absolute atomic E-state index is 0.0102. The Labute approximate surface area is 109 Å². The first-order valence-corrected chi connectivity index (χ1v) is 6.56. The van der Waals surface area contributed by atoms with Crippen molar-refractivity contribution in [2.45, 2.75) is 25.7 Å². The zero-order chi connectivity index (χ0) is 13.7. The lowest BCUT2D eigenvalue weighted by Crippen LogP contribution is -2.42. The highest BCUT2D eigenvalue weighted by atomic mass is 16.4. The Morgan fingerprint density at radius 3 is 2.11 bits per heavy atom. The highest BCUT2D eigenvalue weighted by Gasteiger charge is 2.36. The quantitative estimate of drug-likeness (QED) is 0.794. The normalized spacial score (nSPS) is 24.0. The van der Waals surface area contributed by atoms with Crippen LogP contribution in [0.3, 0.4) is 0 Å². The van der Waals surface area contributed by atoms with Crippen molar-refractivity contribution in [3.8, 4) is 0 Å². The molecule has 1 fully saturated rings. The van der Waals surface area contributed by atoms with Gasteiger partial charge in [0.15, 0.2) is 0 Å². The van der Waals surface area contributed by atoms with Gasteiger partial charge in [-0.15, -0.1) is 0 Å². The first-order chi connectivity index (χ1) is 8.43. The second-order valence-corrected chi connectivity index (χ2v) is 5.40. The van der Waals surface area contributed by atoms with E-state index in [1.54, 1.807) is 11.9 Å². The summed E-state index contributed by atoms with van der Waals surface area (Å²) in [6, 6.07) is 0. The first-order valence-electron chi connectivity index (χ1n) is 6.56. The topological polar surface area (TPSA) is 60.9 Å². The lowest BCUT2D eigenvalue weighted by atomic mass is 9.78. The van der Waals surface area contributed by atoms with Gasteiger partial charge in [-0.3, -0.25) is 9.59 Å². The van der Waals surface area contributed by atoms with Crippen LogP contribution in [0, 0.1) is 11.8 Å². The van der Waals surface area contributed by atoms with Gasteiger partial charge in [-0.1, -0.05) is 12.8 Å². The van der Waals surface area contributed by atoms with Gasteiger partial charge >= 0.3 is 5.97 Å². The smallest absolute Gasteiger partial charge is 0.307 e. The third-order valence-corrected chi connectivity index (χ3v) is 3.66. The molecule has 0 bridgehead atoms. The molecule has 5 nitrogen and oxygen atoms in total. The van der Waals surface area contributed by atoms with Gasteiger partial charge in [0.1, 0.15) is 0 Å². The van der Waals surface area contributed by atoms with Crippen LogP contribution in [0.4, 0.5) is 0 Å². The first kappa shape index (κ1) is 15.0. The molecule has 1 saturated carbocycles. The Balaban J connectivity index is 2.59. The molecule has 0 heterocycles. The third-order valence-electron chi connectivity index (χ3n) is 3.66. The van der Waals surface area contributed by atoms with Crippen molar-refractivity contribution in [3.05, 3.63) is 0 Å². The maximum atomic E-state index is 12.3. The van der Waals surface area contributed by atoms with E-state index in [2.05, 4.69) is 0 Å². The van der Waals surface area contributed by atoms with Crippen LogP contribution in [-0.2, 0) is 9.59 Å². The molecule has 18 heavy (non-hydrogen) atoms. The maximum absolute atomic E-state index is 12.3. The number of likely N-dealkylation sites (N-methyl/N-ethyl adjacent to an activating group) is 2. The molecule has 0 radical (unpaired) electrons. The zero-order valence-corrected chi connectivity index (χ0v) is 11.6. The van der Waals surface area contributed by atoms with Gasteiger partial charge in [-0.05, 0) is 26.9 Å². The SMILES string of the molecule is CN(C)CCN(C)C(=O)C1CCCCC1C(=O)O.